The lowest BCUT2D eigenvalue weighted by Crippen LogP contribution is -2.46. The summed E-state index contributed by atoms with van der Waals surface area (Å²) in [6.07, 6.45) is 6.56. The quantitative estimate of drug-likeness (QED) is 0.630. The van der Waals surface area contributed by atoms with Gasteiger partial charge < -0.3 is 9.47 Å². The first kappa shape index (κ1) is 15.0. The Balaban J connectivity index is 2.76. The molecule has 1 aliphatic rings. The zero-order valence-corrected chi connectivity index (χ0v) is 12.6. The predicted octanol–water partition coefficient (Wildman–Crippen LogP) is 4.67. The van der Waals surface area contributed by atoms with Crippen molar-refractivity contribution in [1.82, 2.24) is 0 Å². The first-order chi connectivity index (χ1) is 7.74. The van der Waals surface area contributed by atoms with Crippen molar-refractivity contribution in [2.45, 2.75) is 97.1 Å². The van der Waals surface area contributed by atoms with Gasteiger partial charge in [-0.1, -0.05) is 13.8 Å². The highest BCUT2D eigenvalue weighted by molar-refractivity contribution is 4.85. The second-order valence-electron chi connectivity index (χ2n) is 6.55. The van der Waals surface area contributed by atoms with E-state index in [0.29, 0.717) is 0 Å². The highest BCUT2D eigenvalue weighted by Gasteiger charge is 2.43. The maximum Gasteiger partial charge on any atom is 0.169 e. The third-order valence-corrected chi connectivity index (χ3v) is 3.99. The highest BCUT2D eigenvalue weighted by atomic mass is 16.7. The van der Waals surface area contributed by atoms with E-state index in [0.717, 1.165) is 25.7 Å². The second-order valence-corrected chi connectivity index (χ2v) is 6.55. The van der Waals surface area contributed by atoms with Gasteiger partial charge in [-0.2, -0.15) is 0 Å². The maximum atomic E-state index is 6.35. The molecule has 0 amide bonds. The van der Waals surface area contributed by atoms with Crippen LogP contribution in [0.3, 0.4) is 0 Å². The van der Waals surface area contributed by atoms with Gasteiger partial charge in [-0.25, -0.2) is 0 Å². The van der Waals surface area contributed by atoms with Crippen molar-refractivity contribution < 1.29 is 9.47 Å². The fourth-order valence-electron chi connectivity index (χ4n) is 2.29. The summed E-state index contributed by atoms with van der Waals surface area (Å²) >= 11 is 0. The van der Waals surface area contributed by atoms with E-state index in [1.165, 1.54) is 12.8 Å². The summed E-state index contributed by atoms with van der Waals surface area (Å²) in [6.45, 7) is 13.0. The van der Waals surface area contributed by atoms with Gasteiger partial charge in [0.25, 0.3) is 0 Å². The van der Waals surface area contributed by atoms with Crippen molar-refractivity contribution in [2.24, 2.45) is 0 Å². The third kappa shape index (κ3) is 4.26. The molecule has 0 atom stereocenters. The number of hydrogen-bond acceptors (Lipinski definition) is 2. The summed E-state index contributed by atoms with van der Waals surface area (Å²) in [5.74, 6) is -0.334. The summed E-state index contributed by atoms with van der Waals surface area (Å²) in [5, 5.41) is 0. The Morgan fingerprint density at radius 1 is 0.824 bits per heavy atom. The summed E-state index contributed by atoms with van der Waals surface area (Å²) < 4.78 is 12.7. The minimum Gasteiger partial charge on any atom is -0.344 e. The van der Waals surface area contributed by atoms with E-state index in [4.69, 9.17) is 9.47 Å². The molecule has 1 aliphatic carbocycles. The smallest absolute Gasteiger partial charge is 0.169 e. The second kappa shape index (κ2) is 5.27. The molecule has 1 rings (SSSR count). The lowest BCUT2D eigenvalue weighted by atomic mass is 10.0. The van der Waals surface area contributed by atoms with E-state index < -0.39 is 0 Å². The Kier molecular flexibility index (Phi) is 4.65. The van der Waals surface area contributed by atoms with Gasteiger partial charge >= 0.3 is 0 Å². The molecule has 0 radical (unpaired) electrons. The van der Waals surface area contributed by atoms with Crippen LogP contribution in [-0.2, 0) is 9.47 Å². The summed E-state index contributed by atoms with van der Waals surface area (Å²) in [5.41, 5.74) is -0.178. The molecule has 2 nitrogen and oxygen atoms in total. The monoisotopic (exact) mass is 242 g/mol. The van der Waals surface area contributed by atoms with Crippen LogP contribution in [0.2, 0.25) is 0 Å². The normalized spacial score (nSPS) is 20.8. The molecule has 2 heteroatoms. The average Bonchev–Trinajstić information content (AvgIpc) is 2.64. The first-order valence-electron chi connectivity index (χ1n) is 7.14. The van der Waals surface area contributed by atoms with Gasteiger partial charge in [-0.3, -0.25) is 0 Å². The van der Waals surface area contributed by atoms with Crippen LogP contribution in [0.4, 0.5) is 0 Å². The molecule has 102 valence electrons. The molecular formula is C15H30O2. The van der Waals surface area contributed by atoms with Crippen LogP contribution < -0.4 is 0 Å². The zero-order valence-electron chi connectivity index (χ0n) is 12.6. The molecule has 0 N–H and O–H groups in total. The van der Waals surface area contributed by atoms with Crippen LogP contribution in [-0.4, -0.2) is 17.0 Å². The van der Waals surface area contributed by atoms with Crippen LogP contribution in [0, 0.1) is 0 Å². The predicted molar refractivity (Wildman–Crippen MR) is 72.1 cm³/mol. The topological polar surface area (TPSA) is 18.5 Å². The molecule has 0 spiro atoms. The lowest BCUT2D eigenvalue weighted by Gasteiger charge is -2.42. The Morgan fingerprint density at radius 3 is 1.47 bits per heavy atom. The molecule has 0 unspecified atom stereocenters. The molecule has 0 aliphatic heterocycles. The first-order valence-corrected chi connectivity index (χ1v) is 7.14. The summed E-state index contributed by atoms with van der Waals surface area (Å²) in [6, 6.07) is 0. The molecule has 0 heterocycles. The minimum atomic E-state index is -0.334. The average molecular weight is 242 g/mol. The van der Waals surface area contributed by atoms with Crippen molar-refractivity contribution in [2.75, 3.05) is 0 Å². The van der Waals surface area contributed by atoms with Crippen molar-refractivity contribution in [3.63, 3.8) is 0 Å². The van der Waals surface area contributed by atoms with Crippen LogP contribution in [0.1, 0.15) is 80.1 Å². The van der Waals surface area contributed by atoms with Crippen molar-refractivity contribution in [3.05, 3.63) is 0 Å². The van der Waals surface area contributed by atoms with E-state index in [1.54, 1.807) is 0 Å². The van der Waals surface area contributed by atoms with Crippen LogP contribution in [0.5, 0.6) is 0 Å². The number of rotatable bonds is 6. The third-order valence-electron chi connectivity index (χ3n) is 3.99. The van der Waals surface area contributed by atoms with Gasteiger partial charge in [0, 0.05) is 12.8 Å². The van der Waals surface area contributed by atoms with Crippen LogP contribution in [0.15, 0.2) is 0 Å². The Bertz CT molecular complexity index is 217. The molecule has 1 fully saturated rings. The zero-order chi connectivity index (χ0) is 13.2. The van der Waals surface area contributed by atoms with E-state index >= 15 is 0 Å². The van der Waals surface area contributed by atoms with Gasteiger partial charge in [-0.05, 0) is 53.4 Å². The van der Waals surface area contributed by atoms with Crippen molar-refractivity contribution in [1.29, 1.82) is 0 Å². The van der Waals surface area contributed by atoms with Crippen LogP contribution >= 0.6 is 0 Å². The van der Waals surface area contributed by atoms with E-state index in [2.05, 4.69) is 41.5 Å². The summed E-state index contributed by atoms with van der Waals surface area (Å²) in [4.78, 5) is 0. The molecule has 0 saturated heterocycles. The largest absolute Gasteiger partial charge is 0.344 e. The standard InChI is InChI=1S/C15H30O2/c1-7-13(3,4)16-15(11-9-10-12-15)17-14(5,6)8-2/h7-12H2,1-6H3. The Morgan fingerprint density at radius 2 is 1.18 bits per heavy atom. The Hall–Kier alpha value is -0.0800. The van der Waals surface area contributed by atoms with Crippen molar-refractivity contribution >= 4 is 0 Å². The number of hydrogen-bond donors (Lipinski definition) is 0. The molecule has 1 saturated carbocycles. The van der Waals surface area contributed by atoms with Crippen LogP contribution in [0.25, 0.3) is 0 Å². The lowest BCUT2D eigenvalue weighted by molar-refractivity contribution is -0.314. The molecule has 0 aromatic heterocycles. The molecular weight excluding hydrogens is 212 g/mol. The van der Waals surface area contributed by atoms with E-state index in [-0.39, 0.29) is 17.0 Å². The Labute approximate surface area is 107 Å². The van der Waals surface area contributed by atoms with Gasteiger partial charge in [-0.15, -0.1) is 0 Å². The fourth-order valence-corrected chi connectivity index (χ4v) is 2.29. The van der Waals surface area contributed by atoms with Crippen molar-refractivity contribution in [3.8, 4) is 0 Å². The fraction of sp³-hybridized carbons (Fsp3) is 1.00. The molecule has 0 aromatic carbocycles. The molecule has 17 heavy (non-hydrogen) atoms. The number of ether oxygens (including phenoxy) is 2. The van der Waals surface area contributed by atoms with E-state index in [1.807, 2.05) is 0 Å². The minimum absolute atomic E-state index is 0.0891. The molecule has 0 aromatic rings. The molecule has 0 bridgehead atoms. The van der Waals surface area contributed by atoms with Gasteiger partial charge in [0.05, 0.1) is 11.2 Å². The van der Waals surface area contributed by atoms with Gasteiger partial charge in [0.15, 0.2) is 5.79 Å². The van der Waals surface area contributed by atoms with Gasteiger partial charge in [0.2, 0.25) is 0 Å². The summed E-state index contributed by atoms with van der Waals surface area (Å²) in [7, 11) is 0. The maximum absolute atomic E-state index is 6.35. The van der Waals surface area contributed by atoms with Gasteiger partial charge in [0.1, 0.15) is 0 Å². The SMILES string of the molecule is CCC(C)(C)OC1(OC(C)(C)CC)CCCC1. The highest BCUT2D eigenvalue weighted by Crippen LogP contribution is 2.41. The van der Waals surface area contributed by atoms with E-state index in [9.17, 15) is 0 Å².